The molecule has 20 heavy (non-hydrogen) atoms. The zero-order valence-electron chi connectivity index (χ0n) is 10.9. The number of carboxylic acids is 1. The molecular formula is C13H15ClN2O4. The highest BCUT2D eigenvalue weighted by molar-refractivity contribution is 6.33. The van der Waals surface area contributed by atoms with E-state index in [2.05, 4.69) is 10.6 Å². The summed E-state index contributed by atoms with van der Waals surface area (Å²) in [6.07, 6.45) is 1.65. The van der Waals surface area contributed by atoms with Crippen molar-refractivity contribution in [3.63, 3.8) is 0 Å². The number of hydrogen-bond donors (Lipinski definition) is 3. The van der Waals surface area contributed by atoms with Crippen molar-refractivity contribution in [1.29, 1.82) is 0 Å². The van der Waals surface area contributed by atoms with Gasteiger partial charge in [-0.1, -0.05) is 11.6 Å². The van der Waals surface area contributed by atoms with Crippen molar-refractivity contribution in [1.82, 2.24) is 5.32 Å². The Labute approximate surface area is 121 Å². The molecule has 1 aromatic rings. The number of halogens is 1. The number of nitrogens with one attached hydrogen (secondary N) is 2. The Hall–Kier alpha value is -1.95. The summed E-state index contributed by atoms with van der Waals surface area (Å²) in [6.45, 7) is 0. The van der Waals surface area contributed by atoms with Crippen LogP contribution >= 0.6 is 11.6 Å². The molecule has 1 aliphatic carbocycles. The molecule has 0 unspecified atom stereocenters. The fraction of sp³-hybridized carbons (Fsp3) is 0.385. The van der Waals surface area contributed by atoms with Crippen LogP contribution in [0.25, 0.3) is 0 Å². The summed E-state index contributed by atoms with van der Waals surface area (Å²) in [5.41, 5.74) is -0.793. The third kappa shape index (κ3) is 2.80. The van der Waals surface area contributed by atoms with Crippen LogP contribution in [0.15, 0.2) is 18.2 Å². The molecule has 0 aromatic heterocycles. The molecule has 1 aliphatic rings. The Balaban J connectivity index is 2.06. The molecule has 2 amide bonds. The van der Waals surface area contributed by atoms with Gasteiger partial charge in [-0.25, -0.2) is 9.59 Å². The van der Waals surface area contributed by atoms with Crippen LogP contribution in [0.2, 0.25) is 5.02 Å². The van der Waals surface area contributed by atoms with Crippen molar-refractivity contribution in [3.05, 3.63) is 23.2 Å². The fourth-order valence-electron chi connectivity index (χ4n) is 2.02. The third-order valence-electron chi connectivity index (χ3n) is 3.39. The number of hydrogen-bond acceptors (Lipinski definition) is 3. The summed E-state index contributed by atoms with van der Waals surface area (Å²) < 4.78 is 5.04. The number of carboxylic acid groups (broad SMARTS) is 1. The number of rotatable bonds is 4. The van der Waals surface area contributed by atoms with Gasteiger partial charge in [-0.3, -0.25) is 0 Å². The summed E-state index contributed by atoms with van der Waals surface area (Å²) in [4.78, 5) is 23.1. The van der Waals surface area contributed by atoms with Gasteiger partial charge < -0.3 is 20.5 Å². The molecule has 108 valence electrons. The van der Waals surface area contributed by atoms with Crippen LogP contribution < -0.4 is 15.4 Å². The molecule has 1 saturated carbocycles. The zero-order chi connectivity index (χ0) is 14.8. The second-order valence-corrected chi connectivity index (χ2v) is 5.07. The number of carbonyl (C=O) groups excluding carboxylic acids is 1. The summed E-state index contributed by atoms with van der Waals surface area (Å²) >= 11 is 5.96. The second kappa shape index (κ2) is 5.58. The highest BCUT2D eigenvalue weighted by Gasteiger charge is 2.45. The minimum absolute atomic E-state index is 0.346. The van der Waals surface area contributed by atoms with E-state index in [0.29, 0.717) is 29.3 Å². The van der Waals surface area contributed by atoms with Crippen molar-refractivity contribution in [2.75, 3.05) is 12.4 Å². The number of aliphatic carboxylic acids is 1. The number of amides is 2. The van der Waals surface area contributed by atoms with Gasteiger partial charge in [0, 0.05) is 6.07 Å². The van der Waals surface area contributed by atoms with Crippen LogP contribution in [0, 0.1) is 0 Å². The lowest BCUT2D eigenvalue weighted by Gasteiger charge is -2.38. The molecule has 1 fully saturated rings. The van der Waals surface area contributed by atoms with Gasteiger partial charge in [-0.05, 0) is 31.4 Å². The molecule has 0 spiro atoms. The number of methoxy groups -OCH3 is 1. The Morgan fingerprint density at radius 1 is 1.40 bits per heavy atom. The van der Waals surface area contributed by atoms with Crippen molar-refractivity contribution in [2.45, 2.75) is 24.8 Å². The minimum atomic E-state index is -1.16. The molecule has 0 heterocycles. The van der Waals surface area contributed by atoms with Gasteiger partial charge in [0.25, 0.3) is 0 Å². The normalized spacial score (nSPS) is 15.9. The molecule has 0 bridgehead atoms. The molecule has 7 heteroatoms. The van der Waals surface area contributed by atoms with Crippen LogP contribution in [-0.4, -0.2) is 29.8 Å². The molecule has 0 aliphatic heterocycles. The minimum Gasteiger partial charge on any atom is -0.497 e. The first-order valence-electron chi connectivity index (χ1n) is 6.13. The largest absolute Gasteiger partial charge is 0.497 e. The summed E-state index contributed by atoms with van der Waals surface area (Å²) in [5, 5.41) is 14.5. The lowest BCUT2D eigenvalue weighted by molar-refractivity contribution is -0.148. The van der Waals surface area contributed by atoms with E-state index in [0.717, 1.165) is 6.42 Å². The van der Waals surface area contributed by atoms with E-state index in [9.17, 15) is 9.59 Å². The van der Waals surface area contributed by atoms with Gasteiger partial charge >= 0.3 is 12.0 Å². The highest BCUT2D eigenvalue weighted by Crippen LogP contribution is 2.32. The first kappa shape index (κ1) is 14.5. The molecule has 0 saturated heterocycles. The molecule has 0 atom stereocenters. The third-order valence-corrected chi connectivity index (χ3v) is 3.72. The lowest BCUT2D eigenvalue weighted by atomic mass is 9.77. The van der Waals surface area contributed by atoms with Crippen molar-refractivity contribution in [3.8, 4) is 5.75 Å². The van der Waals surface area contributed by atoms with Crippen molar-refractivity contribution >= 4 is 29.3 Å². The van der Waals surface area contributed by atoms with Crippen LogP contribution in [0.3, 0.4) is 0 Å². The van der Waals surface area contributed by atoms with E-state index in [-0.39, 0.29) is 0 Å². The lowest BCUT2D eigenvalue weighted by Crippen LogP contribution is -2.60. The van der Waals surface area contributed by atoms with E-state index in [1.165, 1.54) is 7.11 Å². The molecule has 0 radical (unpaired) electrons. The number of carbonyl (C=O) groups is 2. The van der Waals surface area contributed by atoms with Gasteiger partial charge in [-0.2, -0.15) is 0 Å². The maximum absolute atomic E-state index is 11.9. The molecule has 6 nitrogen and oxygen atoms in total. The Bertz CT molecular complexity index is 543. The molecule has 1 aromatic carbocycles. The van der Waals surface area contributed by atoms with Crippen LogP contribution in [-0.2, 0) is 4.79 Å². The number of benzene rings is 1. The zero-order valence-corrected chi connectivity index (χ0v) is 11.7. The van der Waals surface area contributed by atoms with Gasteiger partial charge in [0.1, 0.15) is 11.3 Å². The van der Waals surface area contributed by atoms with E-state index < -0.39 is 17.5 Å². The van der Waals surface area contributed by atoms with Gasteiger partial charge in [-0.15, -0.1) is 0 Å². The molecule has 3 N–H and O–H groups in total. The van der Waals surface area contributed by atoms with Crippen LogP contribution in [0.4, 0.5) is 10.5 Å². The number of ether oxygens (including phenoxy) is 1. The van der Waals surface area contributed by atoms with Crippen LogP contribution in [0.5, 0.6) is 5.75 Å². The monoisotopic (exact) mass is 298 g/mol. The predicted molar refractivity (Wildman–Crippen MR) is 74.4 cm³/mol. The topological polar surface area (TPSA) is 87.7 Å². The van der Waals surface area contributed by atoms with E-state index >= 15 is 0 Å². The summed E-state index contributed by atoms with van der Waals surface area (Å²) in [7, 11) is 1.50. The van der Waals surface area contributed by atoms with Gasteiger partial charge in [0.2, 0.25) is 0 Å². The molecular weight excluding hydrogens is 284 g/mol. The van der Waals surface area contributed by atoms with Crippen molar-refractivity contribution in [2.24, 2.45) is 0 Å². The average Bonchev–Trinajstić information content (AvgIpc) is 2.36. The van der Waals surface area contributed by atoms with Gasteiger partial charge in [0.05, 0.1) is 17.8 Å². The predicted octanol–water partition coefficient (Wildman–Crippen LogP) is 2.48. The van der Waals surface area contributed by atoms with E-state index in [4.69, 9.17) is 21.4 Å². The maximum Gasteiger partial charge on any atom is 0.329 e. The Kier molecular flexibility index (Phi) is 4.04. The van der Waals surface area contributed by atoms with E-state index in [1.54, 1.807) is 18.2 Å². The number of urea groups is 1. The second-order valence-electron chi connectivity index (χ2n) is 4.67. The first-order chi connectivity index (χ1) is 9.47. The quantitative estimate of drug-likeness (QED) is 0.797. The Morgan fingerprint density at radius 3 is 2.60 bits per heavy atom. The summed E-state index contributed by atoms with van der Waals surface area (Å²) in [5.74, 6) is -0.475. The van der Waals surface area contributed by atoms with Crippen LogP contribution in [0.1, 0.15) is 19.3 Å². The van der Waals surface area contributed by atoms with Crippen molar-refractivity contribution < 1.29 is 19.4 Å². The highest BCUT2D eigenvalue weighted by atomic mass is 35.5. The fourth-order valence-corrected chi connectivity index (χ4v) is 2.19. The number of anilines is 1. The Morgan fingerprint density at radius 2 is 2.10 bits per heavy atom. The average molecular weight is 299 g/mol. The maximum atomic E-state index is 11.9. The van der Waals surface area contributed by atoms with Gasteiger partial charge in [0.15, 0.2) is 0 Å². The SMILES string of the molecule is COc1ccc(Cl)c(NC(=O)NC2(C(=O)O)CCC2)c1. The molecule has 2 rings (SSSR count). The first-order valence-corrected chi connectivity index (χ1v) is 6.51. The standard InChI is InChI=1S/C13H15ClN2O4/c1-20-8-3-4-9(14)10(7-8)15-12(19)16-13(11(17)18)5-2-6-13/h3-4,7H,2,5-6H2,1H3,(H,17,18)(H2,15,16,19). The summed E-state index contributed by atoms with van der Waals surface area (Å²) in [6, 6.07) is 4.22. The van der Waals surface area contributed by atoms with E-state index in [1.807, 2.05) is 0 Å². The smallest absolute Gasteiger partial charge is 0.329 e.